The number of hydrogen-bond acceptors (Lipinski definition) is 5. The van der Waals surface area contributed by atoms with Crippen LogP contribution in [-0.4, -0.2) is 43.7 Å². The third-order valence-electron chi connectivity index (χ3n) is 4.19. The summed E-state index contributed by atoms with van der Waals surface area (Å²) in [6, 6.07) is 8.20. The van der Waals surface area contributed by atoms with Gasteiger partial charge in [-0.2, -0.15) is 0 Å². The summed E-state index contributed by atoms with van der Waals surface area (Å²) in [5.41, 5.74) is 1.07. The zero-order chi connectivity index (χ0) is 16.2. The van der Waals surface area contributed by atoms with Crippen LogP contribution >= 0.6 is 11.3 Å². The van der Waals surface area contributed by atoms with Crippen molar-refractivity contribution in [2.24, 2.45) is 0 Å². The minimum atomic E-state index is -0.696. The predicted octanol–water partition coefficient (Wildman–Crippen LogP) is 0.941. The average molecular weight is 334 g/mol. The van der Waals surface area contributed by atoms with Crippen LogP contribution in [-0.2, 0) is 9.53 Å². The Hall–Kier alpha value is -1.99. The van der Waals surface area contributed by atoms with Crippen LogP contribution in [0.5, 0.6) is 0 Å². The number of carbonyl (C=O) groups excluding carboxylic acids is 2. The number of imide groups is 1. The van der Waals surface area contributed by atoms with Gasteiger partial charge >= 0.3 is 6.09 Å². The van der Waals surface area contributed by atoms with E-state index in [9.17, 15) is 9.59 Å². The van der Waals surface area contributed by atoms with E-state index in [1.165, 1.54) is 21.7 Å². The van der Waals surface area contributed by atoms with Gasteiger partial charge in [0.25, 0.3) is 5.91 Å². The summed E-state index contributed by atoms with van der Waals surface area (Å²) in [6.07, 6.45) is 1.33. The fourth-order valence-electron chi connectivity index (χ4n) is 2.95. The maximum Gasteiger partial charge on any atom is 0.413 e. The molecule has 3 rings (SSSR count). The lowest BCUT2D eigenvalue weighted by Crippen LogP contribution is -3.14. The van der Waals surface area contributed by atoms with Gasteiger partial charge in [-0.05, 0) is 12.1 Å². The van der Waals surface area contributed by atoms with Gasteiger partial charge in [0.15, 0.2) is 6.54 Å². The zero-order valence-electron chi connectivity index (χ0n) is 13.0. The Morgan fingerprint density at radius 2 is 2.09 bits per heavy atom. The van der Waals surface area contributed by atoms with Crippen molar-refractivity contribution in [1.29, 1.82) is 0 Å². The molecule has 0 bridgehead atoms. The highest BCUT2D eigenvalue weighted by atomic mass is 32.1. The van der Waals surface area contributed by atoms with Crippen LogP contribution in [0.15, 0.2) is 24.3 Å². The normalized spacial score (nSPS) is 21.1. The molecule has 0 atom stereocenters. The number of likely N-dealkylation sites (tertiary alicyclic amines) is 1. The lowest BCUT2D eigenvalue weighted by molar-refractivity contribution is -0.897. The molecule has 2 N–H and O–H groups in total. The second kappa shape index (κ2) is 7.06. The summed E-state index contributed by atoms with van der Waals surface area (Å²) < 4.78 is 5.66. The summed E-state index contributed by atoms with van der Waals surface area (Å²) in [5.74, 6) is 0.185. The van der Waals surface area contributed by atoms with Gasteiger partial charge in [0.1, 0.15) is 0 Å². The SMILES string of the molecule is COC(=O)NC(=O)C[NH+]1CCC(c2nc3ccccc3s2)CC1. The largest absolute Gasteiger partial charge is 0.453 e. The molecule has 1 saturated heterocycles. The first-order chi connectivity index (χ1) is 11.2. The Morgan fingerprint density at radius 3 is 2.78 bits per heavy atom. The molecule has 0 spiro atoms. The number of nitrogens with one attached hydrogen (secondary N) is 2. The van der Waals surface area contributed by atoms with E-state index in [1.807, 2.05) is 18.2 Å². The van der Waals surface area contributed by atoms with Crippen LogP contribution in [0.1, 0.15) is 23.8 Å². The lowest BCUT2D eigenvalue weighted by atomic mass is 9.97. The van der Waals surface area contributed by atoms with E-state index in [0.717, 1.165) is 31.4 Å². The van der Waals surface area contributed by atoms with Crippen LogP contribution < -0.4 is 10.2 Å². The van der Waals surface area contributed by atoms with Crippen LogP contribution in [0.3, 0.4) is 0 Å². The van der Waals surface area contributed by atoms with E-state index < -0.39 is 6.09 Å². The molecule has 1 aliphatic heterocycles. The Morgan fingerprint density at radius 1 is 1.35 bits per heavy atom. The average Bonchev–Trinajstić information content (AvgIpc) is 2.99. The highest BCUT2D eigenvalue weighted by Crippen LogP contribution is 2.31. The number of aromatic nitrogens is 1. The number of thiazole rings is 1. The topological polar surface area (TPSA) is 72.7 Å². The van der Waals surface area contributed by atoms with Gasteiger partial charge in [-0.15, -0.1) is 11.3 Å². The summed E-state index contributed by atoms with van der Waals surface area (Å²) in [4.78, 5) is 28.7. The van der Waals surface area contributed by atoms with Gasteiger partial charge in [0.2, 0.25) is 0 Å². The number of ether oxygens (including phenoxy) is 1. The minimum Gasteiger partial charge on any atom is -0.453 e. The van der Waals surface area contributed by atoms with Crippen molar-refractivity contribution in [2.45, 2.75) is 18.8 Å². The molecule has 7 heteroatoms. The standard InChI is InChI=1S/C16H19N3O3S/c1-22-16(21)18-14(20)10-19-8-6-11(7-9-19)15-17-12-4-2-3-5-13(12)23-15/h2-5,11H,6-10H2,1H3,(H,18,20,21)/p+1. The van der Waals surface area contributed by atoms with E-state index in [0.29, 0.717) is 12.5 Å². The number of benzene rings is 1. The smallest absolute Gasteiger partial charge is 0.413 e. The molecule has 0 aliphatic carbocycles. The Balaban J connectivity index is 1.54. The quantitative estimate of drug-likeness (QED) is 0.876. The van der Waals surface area contributed by atoms with E-state index in [-0.39, 0.29) is 5.91 Å². The highest BCUT2D eigenvalue weighted by Gasteiger charge is 2.27. The van der Waals surface area contributed by atoms with Gasteiger partial charge in [-0.1, -0.05) is 12.1 Å². The van der Waals surface area contributed by atoms with Crippen molar-refractivity contribution in [2.75, 3.05) is 26.7 Å². The fourth-order valence-corrected chi connectivity index (χ4v) is 4.09. The van der Waals surface area contributed by atoms with Crippen LogP contribution in [0.2, 0.25) is 0 Å². The number of methoxy groups -OCH3 is 1. The monoisotopic (exact) mass is 334 g/mol. The Bertz CT molecular complexity index is 674. The second-order valence-corrected chi connectivity index (χ2v) is 6.82. The maximum atomic E-state index is 11.7. The number of hydrogen-bond donors (Lipinski definition) is 2. The van der Waals surface area contributed by atoms with E-state index in [1.54, 1.807) is 11.3 Å². The first-order valence-electron chi connectivity index (χ1n) is 7.72. The molecule has 1 aromatic carbocycles. The predicted molar refractivity (Wildman–Crippen MR) is 87.7 cm³/mol. The number of rotatable bonds is 3. The van der Waals surface area contributed by atoms with Crippen molar-refractivity contribution in [3.63, 3.8) is 0 Å². The molecule has 23 heavy (non-hydrogen) atoms. The molecule has 0 radical (unpaired) electrons. The number of alkyl carbamates (subject to hydrolysis) is 1. The van der Waals surface area contributed by atoms with Gasteiger partial charge in [0.05, 0.1) is 35.4 Å². The number of piperidine rings is 1. The van der Waals surface area contributed by atoms with Gasteiger partial charge < -0.3 is 9.64 Å². The van der Waals surface area contributed by atoms with Crippen LogP contribution in [0, 0.1) is 0 Å². The highest BCUT2D eigenvalue weighted by molar-refractivity contribution is 7.18. The molecule has 2 aromatic rings. The molecule has 122 valence electrons. The molecule has 1 fully saturated rings. The second-order valence-electron chi connectivity index (χ2n) is 5.76. The van der Waals surface area contributed by atoms with Crippen LogP contribution in [0.25, 0.3) is 10.2 Å². The number of para-hydroxylation sites is 1. The number of carbonyl (C=O) groups is 2. The molecule has 6 nitrogen and oxygen atoms in total. The van der Waals surface area contributed by atoms with Crippen molar-refractivity contribution in [3.05, 3.63) is 29.3 Å². The number of quaternary nitrogens is 1. The zero-order valence-corrected chi connectivity index (χ0v) is 13.8. The number of amides is 2. The fraction of sp³-hybridized carbons (Fsp3) is 0.438. The Kier molecular flexibility index (Phi) is 4.88. The van der Waals surface area contributed by atoms with E-state index in [4.69, 9.17) is 4.98 Å². The third kappa shape index (κ3) is 3.86. The van der Waals surface area contributed by atoms with Gasteiger partial charge in [-0.25, -0.2) is 9.78 Å². The first kappa shape index (κ1) is 15.9. The third-order valence-corrected chi connectivity index (χ3v) is 5.39. The first-order valence-corrected chi connectivity index (χ1v) is 8.54. The van der Waals surface area contributed by atoms with E-state index >= 15 is 0 Å². The van der Waals surface area contributed by atoms with Gasteiger partial charge in [0, 0.05) is 18.8 Å². The van der Waals surface area contributed by atoms with Gasteiger partial charge in [-0.3, -0.25) is 10.1 Å². The van der Waals surface area contributed by atoms with Crippen LogP contribution in [0.4, 0.5) is 4.79 Å². The molecule has 2 heterocycles. The summed E-state index contributed by atoms with van der Waals surface area (Å²) >= 11 is 1.77. The maximum absolute atomic E-state index is 11.7. The Labute approximate surface area is 138 Å². The summed E-state index contributed by atoms with van der Waals surface area (Å²) in [6.45, 7) is 2.13. The molecule has 2 amide bonds. The van der Waals surface area contributed by atoms with Crippen molar-refractivity contribution < 1.29 is 19.2 Å². The number of fused-ring (bicyclic) bond motifs is 1. The molecule has 0 unspecified atom stereocenters. The minimum absolute atomic E-state index is 0.287. The summed E-state index contributed by atoms with van der Waals surface area (Å²) in [5, 5.41) is 3.40. The molecule has 1 aromatic heterocycles. The van der Waals surface area contributed by atoms with Crippen molar-refractivity contribution in [1.82, 2.24) is 10.3 Å². The lowest BCUT2D eigenvalue weighted by Gasteiger charge is -2.27. The molecular weight excluding hydrogens is 314 g/mol. The van der Waals surface area contributed by atoms with E-state index in [2.05, 4.69) is 16.1 Å². The number of nitrogens with zero attached hydrogens (tertiary/aromatic N) is 1. The van der Waals surface area contributed by atoms with Crippen molar-refractivity contribution in [3.8, 4) is 0 Å². The van der Waals surface area contributed by atoms with Crippen molar-refractivity contribution >= 4 is 33.6 Å². The molecule has 1 aliphatic rings. The molecule has 0 saturated carbocycles. The molecular formula is C16H20N3O3S+. The summed E-state index contributed by atoms with van der Waals surface area (Å²) in [7, 11) is 1.25.